The molecule has 1 atom stereocenters. The molecule has 6 nitrogen and oxygen atoms in total. The molecule has 0 saturated carbocycles. The van der Waals surface area contributed by atoms with Crippen molar-refractivity contribution in [2.75, 3.05) is 26.3 Å². The minimum atomic E-state index is -4.44. The normalized spacial score (nSPS) is 17.1. The summed E-state index contributed by atoms with van der Waals surface area (Å²) in [6.45, 7) is 5.19. The molecule has 2 aliphatic rings. The molecular formula is C29H29F3N4O2. The van der Waals surface area contributed by atoms with Crippen LogP contribution in [0.1, 0.15) is 45.7 Å². The van der Waals surface area contributed by atoms with Crippen LogP contribution in [0.15, 0.2) is 66.9 Å². The number of aromatic nitrogens is 1. The maximum Gasteiger partial charge on any atom is 0.416 e. The first-order valence-electron chi connectivity index (χ1n) is 12.5. The molecular weight excluding hydrogens is 493 g/mol. The van der Waals surface area contributed by atoms with Gasteiger partial charge in [0.2, 0.25) is 0 Å². The SMILES string of the molecule is C[C@@H](NC(=O)c1cc(C2=CCN(C3COC3)C2)ccn1)c1ccc(-c2cc(C(F)(F)F)ccc2CN)cc1. The van der Waals surface area contributed by atoms with Gasteiger partial charge in [-0.05, 0) is 64.6 Å². The molecule has 1 amide bonds. The van der Waals surface area contributed by atoms with Crippen molar-refractivity contribution in [2.45, 2.75) is 31.7 Å². The Bertz CT molecular complexity index is 1350. The van der Waals surface area contributed by atoms with E-state index in [-0.39, 0.29) is 18.5 Å². The van der Waals surface area contributed by atoms with Gasteiger partial charge in [-0.3, -0.25) is 14.7 Å². The standard InChI is InChI=1S/C29H29F3N4O2/c1-18(19-2-4-20(5-3-19)26-13-24(29(30,31)32)7-6-22(26)14-33)35-28(37)27-12-21(8-10-34-27)23-9-11-36(15-23)25-16-38-17-25/h2-10,12-13,18,25H,11,14-17,33H2,1H3,(H,35,37)/t18-/m1/s1. The summed E-state index contributed by atoms with van der Waals surface area (Å²) in [4.78, 5) is 19.6. The quantitative estimate of drug-likeness (QED) is 0.465. The lowest BCUT2D eigenvalue weighted by molar-refractivity contribution is -0.137. The number of nitrogens with two attached hydrogens (primary N) is 1. The van der Waals surface area contributed by atoms with Gasteiger partial charge in [0, 0.05) is 25.8 Å². The van der Waals surface area contributed by atoms with Gasteiger partial charge >= 0.3 is 6.18 Å². The Morgan fingerprint density at radius 1 is 1.13 bits per heavy atom. The highest BCUT2D eigenvalue weighted by molar-refractivity contribution is 5.93. The van der Waals surface area contributed by atoms with E-state index in [2.05, 4.69) is 21.3 Å². The topological polar surface area (TPSA) is 80.5 Å². The molecule has 38 heavy (non-hydrogen) atoms. The zero-order chi connectivity index (χ0) is 26.9. The summed E-state index contributed by atoms with van der Waals surface area (Å²) in [5.74, 6) is -0.297. The lowest BCUT2D eigenvalue weighted by Crippen LogP contribution is -2.47. The maximum absolute atomic E-state index is 13.2. The lowest BCUT2D eigenvalue weighted by atomic mass is 9.95. The number of halogens is 3. The highest BCUT2D eigenvalue weighted by atomic mass is 19.4. The second kappa shape index (κ2) is 10.7. The third-order valence-electron chi connectivity index (χ3n) is 7.17. The van der Waals surface area contributed by atoms with Gasteiger partial charge in [0.05, 0.1) is 30.9 Å². The number of alkyl halides is 3. The molecule has 0 spiro atoms. The van der Waals surface area contributed by atoms with Gasteiger partial charge in [-0.1, -0.05) is 36.4 Å². The van der Waals surface area contributed by atoms with Crippen LogP contribution in [0.2, 0.25) is 0 Å². The molecule has 2 aliphatic heterocycles. The van der Waals surface area contributed by atoms with Gasteiger partial charge in [-0.15, -0.1) is 0 Å². The summed E-state index contributed by atoms with van der Waals surface area (Å²) in [6.07, 6.45) is -0.616. The average Bonchev–Trinajstić information content (AvgIpc) is 3.36. The molecule has 198 valence electrons. The zero-order valence-corrected chi connectivity index (χ0v) is 21.0. The van der Waals surface area contributed by atoms with Gasteiger partial charge in [0.15, 0.2) is 0 Å². The number of ether oxygens (including phenoxy) is 1. The molecule has 1 fully saturated rings. The Morgan fingerprint density at radius 3 is 2.55 bits per heavy atom. The first-order chi connectivity index (χ1) is 18.2. The van der Waals surface area contributed by atoms with Gasteiger partial charge in [0.1, 0.15) is 5.69 Å². The van der Waals surface area contributed by atoms with Crippen molar-refractivity contribution >= 4 is 11.5 Å². The molecule has 9 heteroatoms. The highest BCUT2D eigenvalue weighted by Crippen LogP contribution is 2.34. The minimum Gasteiger partial charge on any atom is -0.378 e. The van der Waals surface area contributed by atoms with Gasteiger partial charge in [-0.2, -0.15) is 13.2 Å². The summed E-state index contributed by atoms with van der Waals surface area (Å²) in [5, 5.41) is 2.97. The average molecular weight is 523 g/mol. The van der Waals surface area contributed by atoms with Crippen molar-refractivity contribution in [2.24, 2.45) is 5.73 Å². The Hall–Kier alpha value is -3.53. The third kappa shape index (κ3) is 5.50. The van der Waals surface area contributed by atoms with E-state index in [1.165, 1.54) is 11.6 Å². The Morgan fingerprint density at radius 2 is 1.89 bits per heavy atom. The van der Waals surface area contributed by atoms with E-state index in [4.69, 9.17) is 10.5 Å². The molecule has 3 aromatic rings. The Balaban J connectivity index is 1.27. The van der Waals surface area contributed by atoms with Crippen LogP contribution in [0.3, 0.4) is 0 Å². The van der Waals surface area contributed by atoms with E-state index in [0.29, 0.717) is 28.4 Å². The van der Waals surface area contributed by atoms with Crippen LogP contribution in [0.5, 0.6) is 0 Å². The fourth-order valence-corrected chi connectivity index (χ4v) is 4.76. The van der Waals surface area contributed by atoms with Crippen LogP contribution in [0, 0.1) is 0 Å². The van der Waals surface area contributed by atoms with Gasteiger partial charge in [0.25, 0.3) is 5.91 Å². The molecule has 0 unspecified atom stereocenters. The van der Waals surface area contributed by atoms with Crippen molar-refractivity contribution in [1.29, 1.82) is 0 Å². The van der Waals surface area contributed by atoms with Crippen LogP contribution in [0.25, 0.3) is 16.7 Å². The second-order valence-electron chi connectivity index (χ2n) is 9.67. The number of benzene rings is 2. The smallest absolute Gasteiger partial charge is 0.378 e. The summed E-state index contributed by atoms with van der Waals surface area (Å²) in [7, 11) is 0. The molecule has 0 radical (unpaired) electrons. The van der Waals surface area contributed by atoms with Crippen LogP contribution < -0.4 is 11.1 Å². The van der Waals surface area contributed by atoms with Gasteiger partial charge in [-0.25, -0.2) is 0 Å². The van der Waals surface area contributed by atoms with Crippen LogP contribution in [-0.2, 0) is 17.5 Å². The molecule has 3 N–H and O–H groups in total. The van der Waals surface area contributed by atoms with E-state index in [1.54, 1.807) is 36.5 Å². The predicted molar refractivity (Wildman–Crippen MR) is 139 cm³/mol. The summed E-state index contributed by atoms with van der Waals surface area (Å²) in [5.41, 5.74) is 10.0. The number of nitrogens with zero attached hydrogens (tertiary/aromatic N) is 2. The predicted octanol–water partition coefficient (Wildman–Crippen LogP) is 4.81. The largest absolute Gasteiger partial charge is 0.416 e. The number of amides is 1. The summed E-state index contributed by atoms with van der Waals surface area (Å²) in [6, 6.07) is 14.5. The van der Waals surface area contributed by atoms with E-state index in [0.717, 1.165) is 49.6 Å². The van der Waals surface area contributed by atoms with E-state index in [9.17, 15) is 18.0 Å². The molecule has 0 bridgehead atoms. The fraction of sp³-hybridized carbons (Fsp3) is 0.310. The van der Waals surface area contributed by atoms with E-state index >= 15 is 0 Å². The Kier molecular flexibility index (Phi) is 7.34. The van der Waals surface area contributed by atoms with Crippen LogP contribution >= 0.6 is 0 Å². The molecule has 1 aromatic heterocycles. The highest BCUT2D eigenvalue weighted by Gasteiger charge is 2.31. The van der Waals surface area contributed by atoms with Crippen molar-refractivity contribution in [3.05, 3.63) is 94.8 Å². The van der Waals surface area contributed by atoms with Crippen molar-refractivity contribution in [1.82, 2.24) is 15.2 Å². The van der Waals surface area contributed by atoms with Crippen molar-refractivity contribution in [3.63, 3.8) is 0 Å². The van der Waals surface area contributed by atoms with E-state index < -0.39 is 11.7 Å². The number of pyridine rings is 1. The monoisotopic (exact) mass is 522 g/mol. The Labute approximate surface area is 219 Å². The zero-order valence-electron chi connectivity index (χ0n) is 21.0. The number of nitrogens with one attached hydrogen (secondary N) is 1. The lowest BCUT2D eigenvalue weighted by Gasteiger charge is -2.34. The van der Waals surface area contributed by atoms with Crippen molar-refractivity contribution in [3.8, 4) is 11.1 Å². The van der Waals surface area contributed by atoms with Crippen molar-refractivity contribution < 1.29 is 22.7 Å². The summed E-state index contributed by atoms with van der Waals surface area (Å²) < 4.78 is 45.0. The fourth-order valence-electron chi connectivity index (χ4n) is 4.76. The number of hydrogen-bond donors (Lipinski definition) is 2. The number of hydrogen-bond acceptors (Lipinski definition) is 5. The summed E-state index contributed by atoms with van der Waals surface area (Å²) >= 11 is 0. The second-order valence-corrected chi connectivity index (χ2v) is 9.67. The third-order valence-corrected chi connectivity index (χ3v) is 7.17. The van der Waals surface area contributed by atoms with Crippen LogP contribution in [-0.4, -0.2) is 48.1 Å². The molecule has 5 rings (SSSR count). The molecule has 1 saturated heterocycles. The van der Waals surface area contributed by atoms with Gasteiger partial charge < -0.3 is 15.8 Å². The maximum atomic E-state index is 13.2. The molecule has 3 heterocycles. The molecule has 2 aromatic carbocycles. The number of rotatable bonds is 7. The minimum absolute atomic E-state index is 0.123. The number of carbonyl (C=O) groups is 1. The van der Waals surface area contributed by atoms with Crippen LogP contribution in [0.4, 0.5) is 13.2 Å². The van der Waals surface area contributed by atoms with E-state index in [1.807, 2.05) is 13.0 Å². The first-order valence-corrected chi connectivity index (χ1v) is 12.5. The molecule has 0 aliphatic carbocycles. The number of carbonyl (C=O) groups excluding carboxylic acids is 1. The first kappa shape index (κ1) is 26.1.